The molecule has 28 heavy (non-hydrogen) atoms. The number of thioether (sulfide) groups is 1. The van der Waals surface area contributed by atoms with Gasteiger partial charge in [-0.2, -0.15) is 0 Å². The number of carbonyl (C=O) groups is 2. The first-order chi connectivity index (χ1) is 13.2. The van der Waals surface area contributed by atoms with Gasteiger partial charge in [0, 0.05) is 29.3 Å². The zero-order chi connectivity index (χ0) is 20.5. The van der Waals surface area contributed by atoms with Crippen LogP contribution in [0.25, 0.3) is 10.9 Å². The molecule has 7 heteroatoms. The van der Waals surface area contributed by atoms with Crippen LogP contribution in [-0.2, 0) is 9.59 Å². The van der Waals surface area contributed by atoms with Crippen LogP contribution in [0, 0.1) is 5.41 Å². The molecule has 1 aliphatic heterocycles. The minimum absolute atomic E-state index is 0.0633. The summed E-state index contributed by atoms with van der Waals surface area (Å²) in [5.74, 6) is 0.156. The molecule has 0 radical (unpaired) electrons. The van der Waals surface area contributed by atoms with Gasteiger partial charge in [0.25, 0.3) is 0 Å². The summed E-state index contributed by atoms with van der Waals surface area (Å²) < 4.78 is 6.23. The van der Waals surface area contributed by atoms with E-state index in [2.05, 4.69) is 4.98 Å². The fourth-order valence-corrected chi connectivity index (χ4v) is 4.12. The lowest BCUT2D eigenvalue weighted by Gasteiger charge is -2.26. The second-order valence-corrected chi connectivity index (χ2v) is 9.19. The Morgan fingerprint density at radius 2 is 2.07 bits per heavy atom. The van der Waals surface area contributed by atoms with Crippen LogP contribution in [0.5, 0.6) is 5.75 Å². The van der Waals surface area contributed by atoms with E-state index < -0.39 is 11.9 Å². The minimum Gasteiger partial charge on any atom is -0.488 e. The number of pyridine rings is 1. The van der Waals surface area contributed by atoms with Gasteiger partial charge in [-0.25, -0.2) is 0 Å². The summed E-state index contributed by atoms with van der Waals surface area (Å²) in [6.07, 6.45) is 4.21. The van der Waals surface area contributed by atoms with Gasteiger partial charge in [0.1, 0.15) is 17.9 Å². The molecule has 0 aliphatic carbocycles. The Morgan fingerprint density at radius 1 is 1.32 bits per heavy atom. The van der Waals surface area contributed by atoms with E-state index in [4.69, 9.17) is 10.5 Å². The van der Waals surface area contributed by atoms with E-state index in [1.165, 1.54) is 0 Å². The largest absolute Gasteiger partial charge is 0.488 e. The molecule has 2 aromatic rings. The number of likely N-dealkylation sites (tertiary alicyclic amines) is 1. The minimum atomic E-state index is -0.630. The topological polar surface area (TPSA) is 85.5 Å². The number of aromatic nitrogens is 1. The highest BCUT2D eigenvalue weighted by atomic mass is 32.2. The van der Waals surface area contributed by atoms with Crippen molar-refractivity contribution in [1.82, 2.24) is 9.88 Å². The predicted octanol–water partition coefficient (Wildman–Crippen LogP) is 3.23. The third kappa shape index (κ3) is 4.41. The summed E-state index contributed by atoms with van der Waals surface area (Å²) in [4.78, 5) is 31.8. The molecule has 2 atom stereocenters. The van der Waals surface area contributed by atoms with Gasteiger partial charge in [0.2, 0.25) is 11.8 Å². The molecule has 3 rings (SSSR count). The molecule has 0 spiro atoms. The van der Waals surface area contributed by atoms with Gasteiger partial charge in [0.15, 0.2) is 0 Å². The molecular formula is C21H27N3O3S. The normalized spacial score (nSPS) is 19.8. The Bertz CT molecular complexity index is 894. The van der Waals surface area contributed by atoms with Gasteiger partial charge in [-0.3, -0.25) is 14.6 Å². The number of hydrogen-bond acceptors (Lipinski definition) is 5. The maximum Gasteiger partial charge on any atom is 0.240 e. The van der Waals surface area contributed by atoms with Crippen molar-refractivity contribution in [3.8, 4) is 5.75 Å². The third-order valence-electron chi connectivity index (χ3n) is 4.80. The van der Waals surface area contributed by atoms with Gasteiger partial charge in [0.05, 0.1) is 12.1 Å². The Kier molecular flexibility index (Phi) is 5.84. The zero-order valence-electron chi connectivity index (χ0n) is 16.8. The fraction of sp³-hybridized carbons (Fsp3) is 0.476. The molecule has 1 unspecified atom stereocenters. The zero-order valence-corrected chi connectivity index (χ0v) is 17.6. The average molecular weight is 402 g/mol. The van der Waals surface area contributed by atoms with Crippen molar-refractivity contribution in [2.24, 2.45) is 11.1 Å². The summed E-state index contributed by atoms with van der Waals surface area (Å²) in [6, 6.07) is 7.17. The number of primary amides is 1. The number of benzene rings is 1. The lowest BCUT2D eigenvalue weighted by molar-refractivity contribution is -0.138. The lowest BCUT2D eigenvalue weighted by Crippen LogP contribution is -2.44. The Labute approximate surface area is 169 Å². The van der Waals surface area contributed by atoms with Crippen molar-refractivity contribution in [3.05, 3.63) is 30.5 Å². The van der Waals surface area contributed by atoms with Gasteiger partial charge < -0.3 is 15.4 Å². The fourth-order valence-electron chi connectivity index (χ4n) is 3.55. The second kappa shape index (κ2) is 7.99. The monoisotopic (exact) mass is 401 g/mol. The van der Waals surface area contributed by atoms with Crippen LogP contribution in [-0.4, -0.2) is 46.6 Å². The number of amides is 2. The van der Waals surface area contributed by atoms with Crippen LogP contribution >= 0.6 is 11.8 Å². The first kappa shape index (κ1) is 20.5. The highest BCUT2D eigenvalue weighted by Gasteiger charge is 2.40. The molecule has 6 nitrogen and oxygen atoms in total. The number of carbonyl (C=O) groups excluding carboxylic acids is 2. The van der Waals surface area contributed by atoms with Crippen LogP contribution in [0.4, 0.5) is 0 Å². The standard InChI is InChI=1S/C21H27N3O3S/c1-21(2,3)11-18(25)24-12-13(10-15(24)20(22)26)27-16-8-9-23-19-14(16)6-5-7-17(19)28-4/h5-9,13,15H,10-12H2,1-4H3,(H2,22,26)/t13-,15?/m1/s1. The van der Waals surface area contributed by atoms with E-state index in [9.17, 15) is 9.59 Å². The van der Waals surface area contributed by atoms with Gasteiger partial charge >= 0.3 is 0 Å². The molecule has 0 saturated carbocycles. The van der Waals surface area contributed by atoms with Crippen molar-refractivity contribution in [2.75, 3.05) is 12.8 Å². The summed E-state index contributed by atoms with van der Waals surface area (Å²) in [5, 5.41) is 0.921. The molecule has 1 saturated heterocycles. The number of fused-ring (bicyclic) bond motifs is 1. The molecule has 150 valence electrons. The molecule has 1 fully saturated rings. The lowest BCUT2D eigenvalue weighted by atomic mass is 9.91. The van der Waals surface area contributed by atoms with Crippen molar-refractivity contribution in [1.29, 1.82) is 0 Å². The second-order valence-electron chi connectivity index (χ2n) is 8.34. The smallest absolute Gasteiger partial charge is 0.240 e. The van der Waals surface area contributed by atoms with Gasteiger partial charge in [-0.1, -0.05) is 26.8 Å². The first-order valence-electron chi connectivity index (χ1n) is 9.37. The van der Waals surface area contributed by atoms with Crippen LogP contribution in [0.15, 0.2) is 35.4 Å². The predicted molar refractivity (Wildman–Crippen MR) is 111 cm³/mol. The van der Waals surface area contributed by atoms with Crippen molar-refractivity contribution in [3.63, 3.8) is 0 Å². The van der Waals surface area contributed by atoms with Crippen LogP contribution < -0.4 is 10.5 Å². The van der Waals surface area contributed by atoms with Crippen LogP contribution in [0.2, 0.25) is 0 Å². The molecule has 1 aliphatic rings. The van der Waals surface area contributed by atoms with E-state index in [0.29, 0.717) is 25.1 Å². The van der Waals surface area contributed by atoms with E-state index in [1.54, 1.807) is 22.9 Å². The summed E-state index contributed by atoms with van der Waals surface area (Å²) in [7, 11) is 0. The summed E-state index contributed by atoms with van der Waals surface area (Å²) >= 11 is 1.63. The van der Waals surface area contributed by atoms with E-state index in [-0.39, 0.29) is 17.4 Å². The molecule has 1 aromatic heterocycles. The maximum atomic E-state index is 12.7. The maximum absolute atomic E-state index is 12.7. The van der Waals surface area contributed by atoms with E-state index in [0.717, 1.165) is 15.8 Å². The molecule has 0 bridgehead atoms. The molecule has 2 N–H and O–H groups in total. The summed E-state index contributed by atoms with van der Waals surface area (Å²) in [5.41, 5.74) is 6.30. The van der Waals surface area contributed by atoms with Crippen molar-refractivity contribution >= 4 is 34.5 Å². The SMILES string of the molecule is CSc1cccc2c(O[C@@H]3CC(C(N)=O)N(C(=O)CC(C)(C)C)C3)ccnc12. The first-order valence-corrected chi connectivity index (χ1v) is 10.6. The van der Waals surface area contributed by atoms with Crippen molar-refractivity contribution < 1.29 is 14.3 Å². The average Bonchev–Trinajstić information content (AvgIpc) is 3.04. The quantitative estimate of drug-likeness (QED) is 0.778. The summed E-state index contributed by atoms with van der Waals surface area (Å²) in [6.45, 7) is 6.36. The molecule has 2 amide bonds. The molecular weight excluding hydrogens is 374 g/mol. The highest BCUT2D eigenvalue weighted by molar-refractivity contribution is 7.98. The number of nitrogens with zero attached hydrogens (tertiary/aromatic N) is 2. The Hall–Kier alpha value is -2.28. The number of hydrogen-bond donors (Lipinski definition) is 1. The Morgan fingerprint density at radius 3 is 2.71 bits per heavy atom. The molecule has 2 heterocycles. The number of rotatable bonds is 5. The van der Waals surface area contributed by atoms with Crippen LogP contribution in [0.3, 0.4) is 0 Å². The van der Waals surface area contributed by atoms with E-state index in [1.807, 2.05) is 51.3 Å². The molecule has 1 aromatic carbocycles. The van der Waals surface area contributed by atoms with Gasteiger partial charge in [-0.05, 0) is 29.9 Å². The third-order valence-corrected chi connectivity index (χ3v) is 5.57. The number of nitrogens with two attached hydrogens (primary N) is 1. The highest BCUT2D eigenvalue weighted by Crippen LogP contribution is 2.33. The van der Waals surface area contributed by atoms with Crippen LogP contribution in [0.1, 0.15) is 33.6 Å². The number of ether oxygens (including phenoxy) is 1. The van der Waals surface area contributed by atoms with E-state index >= 15 is 0 Å². The number of para-hydroxylation sites is 1. The van der Waals surface area contributed by atoms with Crippen molar-refractivity contribution in [2.45, 2.75) is 50.7 Å². The van der Waals surface area contributed by atoms with Gasteiger partial charge in [-0.15, -0.1) is 11.8 Å². The Balaban J connectivity index is 1.83.